The smallest absolute Gasteiger partial charge is 0.126 e. The Morgan fingerprint density at radius 2 is 2.33 bits per heavy atom. The number of hydrazine groups is 1. The molecule has 0 aliphatic carbocycles. The van der Waals surface area contributed by atoms with Gasteiger partial charge in [-0.3, -0.25) is 11.3 Å². The lowest BCUT2D eigenvalue weighted by molar-refractivity contribution is -0.0851. The van der Waals surface area contributed by atoms with Crippen molar-refractivity contribution in [2.24, 2.45) is 11.8 Å². The summed E-state index contributed by atoms with van der Waals surface area (Å²) >= 11 is 1.97. The van der Waals surface area contributed by atoms with Crippen molar-refractivity contribution in [1.82, 2.24) is 5.43 Å². The van der Waals surface area contributed by atoms with Crippen LogP contribution in [0.4, 0.5) is 4.39 Å². The lowest BCUT2D eigenvalue weighted by atomic mass is 9.79. The van der Waals surface area contributed by atoms with E-state index in [-0.39, 0.29) is 17.5 Å². The van der Waals surface area contributed by atoms with E-state index >= 15 is 0 Å². The third-order valence-corrected chi connectivity index (χ3v) is 6.00. The van der Waals surface area contributed by atoms with Gasteiger partial charge in [-0.15, -0.1) is 0 Å². The standard InChI is InChI=1S/C16H23FN2OS/c17-14-4-2-1-3-12(14)9-15(19-18)13-5-7-20-16(10-13)6-8-21-11-16/h1-4,13,15,19H,5-11,18H2. The molecule has 1 spiro atoms. The predicted octanol–water partition coefficient (Wildman–Crippen LogP) is 2.50. The van der Waals surface area contributed by atoms with E-state index < -0.39 is 0 Å². The zero-order valence-corrected chi connectivity index (χ0v) is 13.0. The highest BCUT2D eigenvalue weighted by molar-refractivity contribution is 7.99. The molecule has 3 atom stereocenters. The van der Waals surface area contributed by atoms with Gasteiger partial charge < -0.3 is 4.74 Å². The Morgan fingerprint density at radius 3 is 3.05 bits per heavy atom. The van der Waals surface area contributed by atoms with E-state index in [1.165, 1.54) is 11.8 Å². The molecule has 0 saturated carbocycles. The predicted molar refractivity (Wildman–Crippen MR) is 84.6 cm³/mol. The van der Waals surface area contributed by atoms with Gasteiger partial charge in [0.05, 0.1) is 5.60 Å². The molecule has 1 aromatic rings. The maximum atomic E-state index is 13.9. The van der Waals surface area contributed by atoms with Gasteiger partial charge in [0.15, 0.2) is 0 Å². The van der Waals surface area contributed by atoms with E-state index in [2.05, 4.69) is 5.43 Å². The molecule has 116 valence electrons. The van der Waals surface area contributed by atoms with Crippen molar-refractivity contribution in [2.45, 2.75) is 37.3 Å². The second kappa shape index (κ2) is 6.65. The monoisotopic (exact) mass is 310 g/mol. The van der Waals surface area contributed by atoms with Crippen molar-refractivity contribution in [2.75, 3.05) is 18.1 Å². The first-order valence-electron chi connectivity index (χ1n) is 7.64. The van der Waals surface area contributed by atoms with Crippen LogP contribution in [0.5, 0.6) is 0 Å². The average Bonchev–Trinajstić information content (AvgIpc) is 2.94. The van der Waals surface area contributed by atoms with E-state index in [1.54, 1.807) is 6.07 Å². The molecule has 5 heteroatoms. The Bertz CT molecular complexity index is 479. The second-order valence-corrected chi connectivity index (χ2v) is 7.26. The van der Waals surface area contributed by atoms with E-state index in [4.69, 9.17) is 10.6 Å². The van der Waals surface area contributed by atoms with Crippen LogP contribution in [-0.2, 0) is 11.2 Å². The number of hydrogen-bond donors (Lipinski definition) is 2. The molecule has 0 bridgehead atoms. The largest absolute Gasteiger partial charge is 0.374 e. The molecule has 2 saturated heterocycles. The molecule has 2 aliphatic heterocycles. The van der Waals surface area contributed by atoms with Crippen LogP contribution in [0.25, 0.3) is 0 Å². The first kappa shape index (κ1) is 15.3. The quantitative estimate of drug-likeness (QED) is 0.663. The average molecular weight is 310 g/mol. The minimum Gasteiger partial charge on any atom is -0.374 e. The zero-order valence-electron chi connectivity index (χ0n) is 12.2. The van der Waals surface area contributed by atoms with Gasteiger partial charge >= 0.3 is 0 Å². The fourth-order valence-electron chi connectivity index (χ4n) is 3.53. The van der Waals surface area contributed by atoms with Gasteiger partial charge in [-0.05, 0) is 49.0 Å². The number of thioether (sulfide) groups is 1. The third-order valence-electron chi connectivity index (χ3n) is 4.78. The Hall–Kier alpha value is -0.620. The van der Waals surface area contributed by atoms with Crippen molar-refractivity contribution in [3.8, 4) is 0 Å². The number of halogens is 1. The van der Waals surface area contributed by atoms with Crippen LogP contribution in [0.2, 0.25) is 0 Å². The fraction of sp³-hybridized carbons (Fsp3) is 0.625. The molecular formula is C16H23FN2OS. The van der Waals surface area contributed by atoms with Crippen LogP contribution < -0.4 is 11.3 Å². The number of hydrogen-bond acceptors (Lipinski definition) is 4. The van der Waals surface area contributed by atoms with Gasteiger partial charge in [-0.2, -0.15) is 11.8 Å². The Kier molecular flexibility index (Phi) is 4.84. The maximum Gasteiger partial charge on any atom is 0.126 e. The summed E-state index contributed by atoms with van der Waals surface area (Å²) in [4.78, 5) is 0. The van der Waals surface area contributed by atoms with E-state index in [9.17, 15) is 4.39 Å². The highest BCUT2D eigenvalue weighted by atomic mass is 32.2. The number of nitrogens with one attached hydrogen (secondary N) is 1. The minimum absolute atomic E-state index is 0.0396. The normalized spacial score (nSPS) is 30.7. The number of benzene rings is 1. The Balaban J connectivity index is 1.69. The molecule has 2 heterocycles. The summed E-state index contributed by atoms with van der Waals surface area (Å²) in [6, 6.07) is 7.07. The molecule has 3 nitrogen and oxygen atoms in total. The van der Waals surface area contributed by atoms with Crippen molar-refractivity contribution >= 4 is 11.8 Å². The molecule has 3 N–H and O–H groups in total. The summed E-state index contributed by atoms with van der Waals surface area (Å²) in [5.74, 6) is 8.34. The number of ether oxygens (including phenoxy) is 1. The lowest BCUT2D eigenvalue weighted by Gasteiger charge is -2.40. The molecule has 0 radical (unpaired) electrons. The highest BCUT2D eigenvalue weighted by Gasteiger charge is 2.42. The lowest BCUT2D eigenvalue weighted by Crippen LogP contribution is -2.49. The van der Waals surface area contributed by atoms with Gasteiger partial charge in [0.25, 0.3) is 0 Å². The molecule has 0 amide bonds. The first-order chi connectivity index (χ1) is 10.2. The van der Waals surface area contributed by atoms with Gasteiger partial charge in [0.1, 0.15) is 5.82 Å². The van der Waals surface area contributed by atoms with Gasteiger partial charge in [0.2, 0.25) is 0 Å². The summed E-state index contributed by atoms with van der Waals surface area (Å²) in [5, 5.41) is 0. The van der Waals surface area contributed by atoms with Crippen LogP contribution in [0.1, 0.15) is 24.8 Å². The Labute approximate surface area is 129 Å². The van der Waals surface area contributed by atoms with Gasteiger partial charge in [-0.25, -0.2) is 4.39 Å². The third kappa shape index (κ3) is 3.42. The molecule has 0 aromatic heterocycles. The summed E-state index contributed by atoms with van der Waals surface area (Å²) in [7, 11) is 0. The van der Waals surface area contributed by atoms with Crippen LogP contribution in [0.3, 0.4) is 0 Å². The minimum atomic E-state index is -0.143. The highest BCUT2D eigenvalue weighted by Crippen LogP contribution is 2.41. The molecule has 1 aromatic carbocycles. The molecular weight excluding hydrogens is 287 g/mol. The molecule has 21 heavy (non-hydrogen) atoms. The van der Waals surface area contributed by atoms with Crippen LogP contribution >= 0.6 is 11.8 Å². The summed E-state index contributed by atoms with van der Waals surface area (Å²) in [5.41, 5.74) is 3.70. The topological polar surface area (TPSA) is 47.3 Å². The van der Waals surface area contributed by atoms with Crippen molar-refractivity contribution in [1.29, 1.82) is 0 Å². The summed E-state index contributed by atoms with van der Waals surface area (Å²) in [6.07, 6.45) is 3.79. The fourth-order valence-corrected chi connectivity index (χ4v) is 4.91. The molecule has 3 rings (SSSR count). The summed E-state index contributed by atoms with van der Waals surface area (Å²) in [6.45, 7) is 0.792. The SMILES string of the molecule is NNC(Cc1ccccc1F)C1CCOC2(CCSC2)C1. The van der Waals surface area contributed by atoms with E-state index in [0.717, 1.165) is 37.2 Å². The van der Waals surface area contributed by atoms with Crippen LogP contribution in [0.15, 0.2) is 24.3 Å². The Morgan fingerprint density at radius 1 is 1.48 bits per heavy atom. The maximum absolute atomic E-state index is 13.9. The van der Waals surface area contributed by atoms with Gasteiger partial charge in [0, 0.05) is 18.4 Å². The first-order valence-corrected chi connectivity index (χ1v) is 8.79. The van der Waals surface area contributed by atoms with Gasteiger partial charge in [-0.1, -0.05) is 18.2 Å². The van der Waals surface area contributed by atoms with Crippen molar-refractivity contribution in [3.63, 3.8) is 0 Å². The number of rotatable bonds is 4. The molecule has 2 fully saturated rings. The zero-order chi connectivity index (χ0) is 14.7. The summed E-state index contributed by atoms with van der Waals surface area (Å²) < 4.78 is 19.9. The van der Waals surface area contributed by atoms with Crippen molar-refractivity contribution in [3.05, 3.63) is 35.6 Å². The second-order valence-electron chi connectivity index (χ2n) is 6.16. The van der Waals surface area contributed by atoms with Crippen molar-refractivity contribution < 1.29 is 9.13 Å². The number of nitrogens with two attached hydrogens (primary N) is 1. The molecule has 2 aliphatic rings. The van der Waals surface area contributed by atoms with E-state index in [0.29, 0.717) is 12.3 Å². The molecule has 3 unspecified atom stereocenters. The van der Waals surface area contributed by atoms with E-state index in [1.807, 2.05) is 23.9 Å². The van der Waals surface area contributed by atoms with Crippen LogP contribution in [-0.4, -0.2) is 29.8 Å². The van der Waals surface area contributed by atoms with Crippen LogP contribution in [0, 0.1) is 11.7 Å².